The number of allylic oxidation sites excluding steroid dienone is 3. The minimum absolute atomic E-state index is 0.0863. The Hall–Kier alpha value is -3.75. The quantitative estimate of drug-likeness (QED) is 0.518. The average molecular weight is 424 g/mol. The lowest BCUT2D eigenvalue weighted by Gasteiger charge is -2.35. The molecule has 2 aromatic carbocycles. The van der Waals surface area contributed by atoms with Crippen LogP contribution in [0.5, 0.6) is 0 Å². The molecule has 2 aromatic rings. The largest absolute Gasteiger partial charge is 0.416 e. The number of rotatable bonds is 3. The maximum absolute atomic E-state index is 13.3. The van der Waals surface area contributed by atoms with Gasteiger partial charge in [0, 0.05) is 18.7 Å². The highest BCUT2D eigenvalue weighted by Gasteiger charge is 2.43. The van der Waals surface area contributed by atoms with E-state index in [1.807, 2.05) is 35.2 Å². The summed E-state index contributed by atoms with van der Waals surface area (Å²) in [5, 5.41) is 11.2. The molecule has 31 heavy (non-hydrogen) atoms. The van der Waals surface area contributed by atoms with Gasteiger partial charge in [0.2, 0.25) is 0 Å². The van der Waals surface area contributed by atoms with Crippen molar-refractivity contribution in [3.8, 4) is 0 Å². The van der Waals surface area contributed by atoms with Gasteiger partial charge in [0.25, 0.3) is 5.70 Å². The molecule has 0 saturated carbocycles. The van der Waals surface area contributed by atoms with Gasteiger partial charge in [0.15, 0.2) is 6.17 Å². The molecule has 5 rings (SSSR count). The van der Waals surface area contributed by atoms with Crippen LogP contribution in [0.2, 0.25) is 0 Å². The van der Waals surface area contributed by atoms with Crippen LogP contribution in [0.25, 0.3) is 0 Å². The minimum Gasteiger partial charge on any atom is -0.339 e. The smallest absolute Gasteiger partial charge is 0.339 e. The van der Waals surface area contributed by atoms with Gasteiger partial charge < -0.3 is 4.90 Å². The van der Waals surface area contributed by atoms with E-state index in [4.69, 9.17) is 4.99 Å². The fourth-order valence-electron chi connectivity index (χ4n) is 4.05. The molecule has 0 bridgehead atoms. The van der Waals surface area contributed by atoms with E-state index in [1.165, 1.54) is 18.2 Å². The van der Waals surface area contributed by atoms with Crippen LogP contribution in [-0.4, -0.2) is 22.5 Å². The zero-order valence-electron chi connectivity index (χ0n) is 16.0. The molecule has 2 atom stereocenters. The van der Waals surface area contributed by atoms with E-state index in [0.29, 0.717) is 23.7 Å². The lowest BCUT2D eigenvalue weighted by atomic mass is 9.92. The SMILES string of the molecule is O=[N+]([O-])C1=CC2C(=NC3C2=Nc2cc(C(F)(F)F)ccc2N3Cc2ccccc2)C=C1. The van der Waals surface area contributed by atoms with Crippen molar-refractivity contribution in [2.24, 2.45) is 15.9 Å². The maximum Gasteiger partial charge on any atom is 0.416 e. The Bertz CT molecular complexity index is 1200. The number of alkyl halides is 3. The molecule has 9 heteroatoms. The highest BCUT2D eigenvalue weighted by atomic mass is 19.4. The number of hydrogen-bond donors (Lipinski definition) is 0. The first-order chi connectivity index (χ1) is 14.8. The van der Waals surface area contributed by atoms with Crippen molar-refractivity contribution in [3.63, 3.8) is 0 Å². The van der Waals surface area contributed by atoms with Gasteiger partial charge in [-0.25, -0.2) is 0 Å². The molecule has 0 aromatic heterocycles. The van der Waals surface area contributed by atoms with Gasteiger partial charge in [-0.1, -0.05) is 30.3 Å². The van der Waals surface area contributed by atoms with Gasteiger partial charge in [-0.15, -0.1) is 0 Å². The molecule has 0 spiro atoms. The molecule has 2 unspecified atom stereocenters. The third-order valence-corrected chi connectivity index (χ3v) is 5.50. The van der Waals surface area contributed by atoms with Crippen molar-refractivity contribution in [1.29, 1.82) is 0 Å². The fraction of sp³-hybridized carbons (Fsp3) is 0.182. The van der Waals surface area contributed by atoms with Crippen LogP contribution in [0, 0.1) is 16.0 Å². The molecule has 156 valence electrons. The molecule has 1 aliphatic carbocycles. The monoisotopic (exact) mass is 424 g/mol. The Balaban J connectivity index is 1.63. The summed E-state index contributed by atoms with van der Waals surface area (Å²) in [4.78, 5) is 21.8. The molecule has 6 nitrogen and oxygen atoms in total. The zero-order chi connectivity index (χ0) is 21.8. The normalized spacial score (nSPS) is 21.5. The number of halogens is 3. The Morgan fingerprint density at radius 2 is 1.87 bits per heavy atom. The standard InChI is InChI=1S/C22H15F3N4O2/c23-22(24,25)14-6-9-19-18(10-14)26-20-16-11-15(29(30)31)7-8-17(16)27-21(20)28(19)12-13-4-2-1-3-5-13/h1-11,16,21H,12H2. The van der Waals surface area contributed by atoms with Crippen LogP contribution in [0.3, 0.4) is 0 Å². The van der Waals surface area contributed by atoms with Gasteiger partial charge in [-0.05, 0) is 29.8 Å². The summed E-state index contributed by atoms with van der Waals surface area (Å²) in [6, 6.07) is 13.0. The summed E-state index contributed by atoms with van der Waals surface area (Å²) in [5.74, 6) is -0.545. The highest BCUT2D eigenvalue weighted by molar-refractivity contribution is 6.22. The van der Waals surface area contributed by atoms with Crippen molar-refractivity contribution in [3.05, 3.63) is 93.7 Å². The lowest BCUT2D eigenvalue weighted by molar-refractivity contribution is -0.419. The van der Waals surface area contributed by atoms with E-state index >= 15 is 0 Å². The first kappa shape index (κ1) is 19.2. The van der Waals surface area contributed by atoms with Gasteiger partial charge >= 0.3 is 6.18 Å². The summed E-state index contributed by atoms with van der Waals surface area (Å²) < 4.78 is 39.9. The molecule has 3 aliphatic rings. The number of fused-ring (bicyclic) bond motifs is 4. The third kappa shape index (κ3) is 3.31. The molecule has 0 fully saturated rings. The second-order valence-corrected chi connectivity index (χ2v) is 7.44. The number of anilines is 1. The molecule has 0 amide bonds. The van der Waals surface area contributed by atoms with E-state index in [-0.39, 0.29) is 11.4 Å². The first-order valence-corrected chi connectivity index (χ1v) is 9.53. The van der Waals surface area contributed by atoms with Gasteiger partial charge in [0.05, 0.1) is 39.2 Å². The van der Waals surface area contributed by atoms with E-state index in [1.54, 1.807) is 6.08 Å². The van der Waals surface area contributed by atoms with Crippen LogP contribution in [0.1, 0.15) is 11.1 Å². The van der Waals surface area contributed by atoms with Gasteiger partial charge in [-0.3, -0.25) is 20.1 Å². The number of benzene rings is 2. The Morgan fingerprint density at radius 3 is 2.58 bits per heavy atom. The van der Waals surface area contributed by atoms with Crippen molar-refractivity contribution in [2.45, 2.75) is 18.9 Å². The average Bonchev–Trinajstić information content (AvgIpc) is 3.11. The van der Waals surface area contributed by atoms with E-state index in [2.05, 4.69) is 4.99 Å². The van der Waals surface area contributed by atoms with Crippen molar-refractivity contribution in [2.75, 3.05) is 4.90 Å². The van der Waals surface area contributed by atoms with Crippen LogP contribution in [0.15, 0.2) is 82.4 Å². The molecule has 0 N–H and O–H groups in total. The molecule has 0 saturated heterocycles. The van der Waals surface area contributed by atoms with Crippen molar-refractivity contribution >= 4 is 22.8 Å². The summed E-state index contributed by atoms with van der Waals surface area (Å²) in [7, 11) is 0. The lowest BCUT2D eigenvalue weighted by Crippen LogP contribution is -2.41. The van der Waals surface area contributed by atoms with Crippen molar-refractivity contribution in [1.82, 2.24) is 0 Å². The summed E-state index contributed by atoms with van der Waals surface area (Å²) >= 11 is 0. The second kappa shape index (κ2) is 6.90. The number of nitro groups is 1. The zero-order valence-corrected chi connectivity index (χ0v) is 16.0. The fourth-order valence-corrected chi connectivity index (χ4v) is 4.05. The summed E-state index contributed by atoms with van der Waals surface area (Å²) in [6.07, 6.45) is -0.632. The molecular formula is C22H15F3N4O2. The predicted octanol–water partition coefficient (Wildman–Crippen LogP) is 4.93. The second-order valence-electron chi connectivity index (χ2n) is 7.44. The van der Waals surface area contributed by atoms with Crippen molar-refractivity contribution < 1.29 is 18.1 Å². The molecular weight excluding hydrogens is 409 g/mol. The van der Waals surface area contributed by atoms with Crippen LogP contribution < -0.4 is 4.90 Å². The summed E-state index contributed by atoms with van der Waals surface area (Å²) in [6.45, 7) is 0.405. The number of hydrogen-bond acceptors (Lipinski definition) is 5. The van der Waals surface area contributed by atoms with E-state index in [9.17, 15) is 23.3 Å². The van der Waals surface area contributed by atoms with Gasteiger partial charge in [0.1, 0.15) is 0 Å². The van der Waals surface area contributed by atoms with Crippen LogP contribution >= 0.6 is 0 Å². The van der Waals surface area contributed by atoms with Crippen LogP contribution in [-0.2, 0) is 12.7 Å². The van der Waals surface area contributed by atoms with Crippen LogP contribution in [0.4, 0.5) is 24.5 Å². The maximum atomic E-state index is 13.3. The van der Waals surface area contributed by atoms with E-state index in [0.717, 1.165) is 17.7 Å². The topological polar surface area (TPSA) is 71.1 Å². The van der Waals surface area contributed by atoms with E-state index < -0.39 is 28.7 Å². The molecule has 2 heterocycles. The molecule has 2 aliphatic heterocycles. The third-order valence-electron chi connectivity index (χ3n) is 5.50. The predicted molar refractivity (Wildman–Crippen MR) is 110 cm³/mol. The Labute approximate surface area is 174 Å². The number of nitrogens with zero attached hydrogens (tertiary/aromatic N) is 4. The highest BCUT2D eigenvalue weighted by Crippen LogP contribution is 2.43. The molecule has 0 radical (unpaired) electrons. The first-order valence-electron chi connectivity index (χ1n) is 9.53. The van der Waals surface area contributed by atoms with Gasteiger partial charge in [-0.2, -0.15) is 13.2 Å². The summed E-state index contributed by atoms with van der Waals surface area (Å²) in [5.41, 5.74) is 1.89. The Kier molecular flexibility index (Phi) is 4.28. The minimum atomic E-state index is -4.50. The number of aliphatic imine (C=N–C) groups is 2. The Morgan fingerprint density at radius 1 is 1.10 bits per heavy atom.